The van der Waals surface area contributed by atoms with Crippen molar-refractivity contribution in [3.8, 4) is 11.1 Å². The maximum atomic E-state index is 13.8. The predicted molar refractivity (Wildman–Crippen MR) is 132 cm³/mol. The van der Waals surface area contributed by atoms with Gasteiger partial charge in [0.25, 0.3) is 0 Å². The number of nitrogens with zero attached hydrogens (tertiary/aromatic N) is 1. The zero-order chi connectivity index (χ0) is 23.2. The van der Waals surface area contributed by atoms with E-state index in [4.69, 9.17) is 4.74 Å². The Kier molecular flexibility index (Phi) is 5.24. The second-order valence-corrected chi connectivity index (χ2v) is 9.72. The number of fused-ring (bicyclic) bond motifs is 5. The summed E-state index contributed by atoms with van der Waals surface area (Å²) in [6, 6.07) is 22.3. The maximum absolute atomic E-state index is 13.8. The molecule has 4 heteroatoms. The lowest BCUT2D eigenvalue weighted by molar-refractivity contribution is 0.0539. The Balaban J connectivity index is 1.22. The predicted octanol–water partition coefficient (Wildman–Crippen LogP) is 7.09. The first-order chi connectivity index (χ1) is 16.6. The van der Waals surface area contributed by atoms with Crippen LogP contribution in [0.4, 0.5) is 9.18 Å². The summed E-state index contributed by atoms with van der Waals surface area (Å²) in [7, 11) is 0. The van der Waals surface area contributed by atoms with Gasteiger partial charge in [-0.05, 0) is 83.7 Å². The van der Waals surface area contributed by atoms with Crippen LogP contribution in [0.3, 0.4) is 0 Å². The lowest BCUT2D eigenvalue weighted by Gasteiger charge is -2.44. The Morgan fingerprint density at radius 3 is 2.38 bits per heavy atom. The molecule has 2 bridgehead atoms. The molecule has 2 aliphatic heterocycles. The SMILES string of the molecule is Cc1cc(C2=CC3CCCC(C2)N3C(=O)OCC2c3ccccc3-c3ccccc32)ccc1F. The van der Waals surface area contributed by atoms with E-state index in [0.717, 1.165) is 31.2 Å². The molecule has 3 nitrogen and oxygen atoms in total. The van der Waals surface area contributed by atoms with Gasteiger partial charge in [0, 0.05) is 12.0 Å². The number of aryl methyl sites for hydroxylation is 1. The third-order valence-corrected chi connectivity index (χ3v) is 7.71. The molecule has 1 saturated heterocycles. The summed E-state index contributed by atoms with van der Waals surface area (Å²) in [6.45, 7) is 2.14. The van der Waals surface area contributed by atoms with Gasteiger partial charge in [-0.1, -0.05) is 60.7 Å². The number of rotatable bonds is 3. The minimum atomic E-state index is -0.220. The van der Waals surface area contributed by atoms with Crippen molar-refractivity contribution in [1.82, 2.24) is 4.90 Å². The number of carbonyl (C=O) groups is 1. The Morgan fingerprint density at radius 2 is 1.71 bits per heavy atom. The Morgan fingerprint density at radius 1 is 1.00 bits per heavy atom. The normalized spacial score (nSPS) is 21.0. The fourth-order valence-corrected chi connectivity index (χ4v) is 6.04. The van der Waals surface area contributed by atoms with E-state index in [1.54, 1.807) is 13.0 Å². The number of hydrogen-bond donors (Lipinski definition) is 0. The molecule has 6 rings (SSSR count). The molecule has 1 aliphatic carbocycles. The average molecular weight is 454 g/mol. The first-order valence-corrected chi connectivity index (χ1v) is 12.2. The number of halogens is 1. The fraction of sp³-hybridized carbons (Fsp3) is 0.300. The van der Waals surface area contributed by atoms with Gasteiger partial charge >= 0.3 is 6.09 Å². The quantitative estimate of drug-likeness (QED) is 0.424. The van der Waals surface area contributed by atoms with Gasteiger partial charge in [0.15, 0.2) is 0 Å². The topological polar surface area (TPSA) is 29.5 Å². The molecule has 3 aliphatic rings. The molecule has 0 N–H and O–H groups in total. The molecule has 172 valence electrons. The molecule has 0 saturated carbocycles. The van der Waals surface area contributed by atoms with E-state index in [9.17, 15) is 9.18 Å². The highest BCUT2D eigenvalue weighted by Crippen LogP contribution is 2.45. The summed E-state index contributed by atoms with van der Waals surface area (Å²) < 4.78 is 19.8. The van der Waals surface area contributed by atoms with Gasteiger partial charge in [-0.15, -0.1) is 0 Å². The second-order valence-electron chi connectivity index (χ2n) is 9.72. The van der Waals surface area contributed by atoms with Crippen LogP contribution in [0.1, 0.15) is 53.9 Å². The minimum Gasteiger partial charge on any atom is -0.448 e. The van der Waals surface area contributed by atoms with Gasteiger partial charge in [0.05, 0.1) is 6.04 Å². The van der Waals surface area contributed by atoms with Crippen molar-refractivity contribution in [2.75, 3.05) is 6.61 Å². The Labute approximate surface area is 199 Å². The van der Waals surface area contributed by atoms with Crippen molar-refractivity contribution < 1.29 is 13.9 Å². The lowest BCUT2D eigenvalue weighted by atomic mass is 9.83. The minimum absolute atomic E-state index is 0.0310. The van der Waals surface area contributed by atoms with Crippen LogP contribution in [0.25, 0.3) is 16.7 Å². The standard InChI is InChI=1S/C30H28FNO2/c1-19-15-20(13-14-29(19)31)21-16-22-7-6-8-23(17-21)32(22)30(33)34-18-28-26-11-4-2-9-24(26)25-10-3-5-12-27(25)28/h2-5,9-16,22-23,28H,6-8,17-18H2,1H3. The van der Waals surface area contributed by atoms with Crippen molar-refractivity contribution >= 4 is 11.7 Å². The summed E-state index contributed by atoms with van der Waals surface area (Å²) in [5.41, 5.74) is 7.84. The van der Waals surface area contributed by atoms with Crippen molar-refractivity contribution in [2.45, 2.75) is 50.6 Å². The third kappa shape index (κ3) is 3.53. The van der Waals surface area contributed by atoms with Crippen molar-refractivity contribution in [1.29, 1.82) is 0 Å². The largest absolute Gasteiger partial charge is 0.448 e. The molecule has 3 aromatic rings. The molecule has 0 radical (unpaired) electrons. The monoisotopic (exact) mass is 453 g/mol. The summed E-state index contributed by atoms with van der Waals surface area (Å²) in [5, 5.41) is 0. The van der Waals surface area contributed by atoms with E-state index >= 15 is 0 Å². The van der Waals surface area contributed by atoms with Gasteiger partial charge < -0.3 is 4.74 Å². The van der Waals surface area contributed by atoms with Crippen molar-refractivity contribution in [3.05, 3.63) is 101 Å². The van der Waals surface area contributed by atoms with Crippen LogP contribution in [-0.4, -0.2) is 29.7 Å². The van der Waals surface area contributed by atoms with E-state index in [1.165, 1.54) is 27.8 Å². The van der Waals surface area contributed by atoms with Crippen molar-refractivity contribution in [2.24, 2.45) is 0 Å². The molecule has 34 heavy (non-hydrogen) atoms. The number of benzene rings is 3. The Bertz CT molecular complexity index is 1250. The Hall–Kier alpha value is -3.40. The molecule has 1 amide bonds. The zero-order valence-corrected chi connectivity index (χ0v) is 19.3. The molecule has 2 unspecified atom stereocenters. The smallest absolute Gasteiger partial charge is 0.410 e. The number of carbonyl (C=O) groups excluding carboxylic acids is 1. The van der Waals surface area contributed by atoms with Crippen LogP contribution >= 0.6 is 0 Å². The van der Waals surface area contributed by atoms with E-state index < -0.39 is 0 Å². The average Bonchev–Trinajstić information content (AvgIpc) is 3.17. The summed E-state index contributed by atoms with van der Waals surface area (Å²) in [4.78, 5) is 15.3. The van der Waals surface area contributed by atoms with Gasteiger partial charge in [-0.3, -0.25) is 4.90 Å². The van der Waals surface area contributed by atoms with E-state index in [1.807, 2.05) is 17.0 Å². The lowest BCUT2D eigenvalue weighted by Crippen LogP contribution is -2.51. The van der Waals surface area contributed by atoms with E-state index in [2.05, 4.69) is 54.6 Å². The molecular formula is C30H28FNO2. The highest BCUT2D eigenvalue weighted by Gasteiger charge is 2.39. The van der Waals surface area contributed by atoms with Gasteiger partial charge in [-0.25, -0.2) is 9.18 Å². The fourth-order valence-electron chi connectivity index (χ4n) is 6.04. The molecule has 2 heterocycles. The second kappa shape index (κ2) is 8.43. The number of hydrogen-bond acceptors (Lipinski definition) is 2. The number of amides is 1. The van der Waals surface area contributed by atoms with E-state index in [-0.39, 0.29) is 29.9 Å². The van der Waals surface area contributed by atoms with Crippen LogP contribution in [0.5, 0.6) is 0 Å². The maximum Gasteiger partial charge on any atom is 0.410 e. The molecule has 0 aromatic heterocycles. The van der Waals surface area contributed by atoms with Gasteiger partial charge in [-0.2, -0.15) is 0 Å². The van der Waals surface area contributed by atoms with Crippen molar-refractivity contribution in [3.63, 3.8) is 0 Å². The van der Waals surface area contributed by atoms with Crippen LogP contribution in [0, 0.1) is 12.7 Å². The summed E-state index contributed by atoms with van der Waals surface area (Å²) in [5.74, 6) is -0.116. The number of piperidine rings is 1. The molecular weight excluding hydrogens is 425 g/mol. The third-order valence-electron chi connectivity index (χ3n) is 7.71. The molecule has 3 aromatic carbocycles. The first-order valence-electron chi connectivity index (χ1n) is 12.2. The van der Waals surface area contributed by atoms with Crippen LogP contribution < -0.4 is 0 Å². The molecule has 2 atom stereocenters. The van der Waals surface area contributed by atoms with Crippen LogP contribution in [0.15, 0.2) is 72.8 Å². The first kappa shape index (κ1) is 21.2. The zero-order valence-electron chi connectivity index (χ0n) is 19.3. The molecule has 0 spiro atoms. The van der Waals surface area contributed by atoms with E-state index in [0.29, 0.717) is 12.2 Å². The van der Waals surface area contributed by atoms with Gasteiger partial charge in [0.2, 0.25) is 0 Å². The van der Waals surface area contributed by atoms with Crippen LogP contribution in [0.2, 0.25) is 0 Å². The summed E-state index contributed by atoms with van der Waals surface area (Å²) in [6.07, 6.45) is 5.77. The van der Waals surface area contributed by atoms with Gasteiger partial charge in [0.1, 0.15) is 12.4 Å². The highest BCUT2D eigenvalue weighted by atomic mass is 19.1. The highest BCUT2D eigenvalue weighted by molar-refractivity contribution is 5.79. The number of ether oxygens (including phenoxy) is 1. The molecule has 1 fully saturated rings. The summed E-state index contributed by atoms with van der Waals surface area (Å²) >= 11 is 0. The van der Waals surface area contributed by atoms with Crippen LogP contribution in [-0.2, 0) is 4.74 Å².